The molecule has 0 radical (unpaired) electrons. The molecular weight excluding hydrogens is 394 g/mol. The molecular formula is C21H37NO8. The summed E-state index contributed by atoms with van der Waals surface area (Å²) in [5, 5.41) is 9.34. The van der Waals surface area contributed by atoms with Gasteiger partial charge in [-0.1, -0.05) is 33.1 Å². The highest BCUT2D eigenvalue weighted by molar-refractivity contribution is 5.80. The third-order valence-electron chi connectivity index (χ3n) is 5.48. The van der Waals surface area contributed by atoms with E-state index in [1.54, 1.807) is 27.7 Å². The zero-order valence-corrected chi connectivity index (χ0v) is 18.8. The van der Waals surface area contributed by atoms with Gasteiger partial charge < -0.3 is 29.8 Å². The first-order chi connectivity index (χ1) is 14.0. The van der Waals surface area contributed by atoms with Crippen LogP contribution in [0.2, 0.25) is 0 Å². The van der Waals surface area contributed by atoms with Gasteiger partial charge in [-0.25, -0.2) is 4.79 Å². The predicted molar refractivity (Wildman–Crippen MR) is 108 cm³/mol. The van der Waals surface area contributed by atoms with E-state index in [9.17, 15) is 19.5 Å². The van der Waals surface area contributed by atoms with Crippen LogP contribution in [0, 0.1) is 11.3 Å². The normalized spacial score (nSPS) is 18.5. The molecule has 1 fully saturated rings. The second-order valence-electron chi connectivity index (χ2n) is 8.24. The molecule has 9 heteroatoms. The molecule has 9 nitrogen and oxygen atoms in total. The lowest BCUT2D eigenvalue weighted by molar-refractivity contribution is -0.257. The number of hydrogen-bond donors (Lipinski definition) is 2. The van der Waals surface area contributed by atoms with Gasteiger partial charge in [-0.3, -0.25) is 9.59 Å². The van der Waals surface area contributed by atoms with Crippen LogP contribution in [0.3, 0.4) is 0 Å². The molecule has 0 spiro atoms. The summed E-state index contributed by atoms with van der Waals surface area (Å²) in [7, 11) is 0. The lowest BCUT2D eigenvalue weighted by atomic mass is 9.67. The van der Waals surface area contributed by atoms with Crippen LogP contribution in [-0.2, 0) is 33.3 Å². The summed E-state index contributed by atoms with van der Waals surface area (Å²) < 4.78 is 21.6. The Kier molecular flexibility index (Phi) is 10.2. The molecule has 2 unspecified atom stereocenters. The van der Waals surface area contributed by atoms with E-state index in [1.165, 1.54) is 6.92 Å². The Balaban J connectivity index is 2.94. The van der Waals surface area contributed by atoms with E-state index < -0.39 is 41.4 Å². The van der Waals surface area contributed by atoms with Crippen molar-refractivity contribution >= 4 is 17.9 Å². The van der Waals surface area contributed by atoms with E-state index in [4.69, 9.17) is 24.7 Å². The molecule has 0 aliphatic heterocycles. The van der Waals surface area contributed by atoms with Crippen LogP contribution >= 0.6 is 0 Å². The van der Waals surface area contributed by atoms with Crippen molar-refractivity contribution in [1.82, 2.24) is 0 Å². The van der Waals surface area contributed by atoms with Gasteiger partial charge in [-0.2, -0.15) is 0 Å². The van der Waals surface area contributed by atoms with Gasteiger partial charge in [0.05, 0.1) is 6.42 Å². The van der Waals surface area contributed by atoms with Crippen molar-refractivity contribution in [3.63, 3.8) is 0 Å². The molecule has 1 aliphatic carbocycles. The lowest BCUT2D eigenvalue weighted by Crippen LogP contribution is -2.52. The van der Waals surface area contributed by atoms with Crippen molar-refractivity contribution in [3.8, 4) is 0 Å². The largest absolute Gasteiger partial charge is 0.481 e. The number of carbonyl (C=O) groups is 3. The minimum absolute atomic E-state index is 0.206. The van der Waals surface area contributed by atoms with Crippen LogP contribution in [0.4, 0.5) is 0 Å². The van der Waals surface area contributed by atoms with Crippen LogP contribution in [0.15, 0.2) is 0 Å². The van der Waals surface area contributed by atoms with Crippen molar-refractivity contribution in [2.75, 3.05) is 13.2 Å². The van der Waals surface area contributed by atoms with Gasteiger partial charge in [-0.15, -0.1) is 0 Å². The van der Waals surface area contributed by atoms with Crippen LogP contribution in [-0.4, -0.2) is 54.3 Å². The van der Waals surface area contributed by atoms with Gasteiger partial charge in [0.15, 0.2) is 0 Å². The Morgan fingerprint density at radius 3 is 2.00 bits per heavy atom. The fourth-order valence-electron chi connectivity index (χ4n) is 3.81. The van der Waals surface area contributed by atoms with E-state index in [-0.39, 0.29) is 25.6 Å². The van der Waals surface area contributed by atoms with E-state index in [0.29, 0.717) is 12.8 Å². The van der Waals surface area contributed by atoms with Crippen LogP contribution < -0.4 is 5.73 Å². The molecule has 0 bridgehead atoms. The van der Waals surface area contributed by atoms with Crippen LogP contribution in [0.1, 0.15) is 73.1 Å². The van der Waals surface area contributed by atoms with E-state index >= 15 is 0 Å². The Morgan fingerprint density at radius 2 is 1.57 bits per heavy atom. The van der Waals surface area contributed by atoms with Crippen molar-refractivity contribution in [2.45, 2.75) is 91.3 Å². The van der Waals surface area contributed by atoms with Crippen LogP contribution in [0.5, 0.6) is 0 Å². The standard InChI is InChI=1S/C21H37NO8/c1-6-27-20(5,28-7-2)19(26)30-18(14(3)4)29-17(25)16(22)21(13-15(23)24)11-9-8-10-12-21/h14,16,18H,6-13,22H2,1-5H3,(H,23,24). The third kappa shape index (κ3) is 6.92. The first-order valence-electron chi connectivity index (χ1n) is 10.7. The fourth-order valence-corrected chi connectivity index (χ4v) is 3.81. The molecule has 0 saturated heterocycles. The monoisotopic (exact) mass is 431 g/mol. The number of aliphatic carboxylic acids is 1. The summed E-state index contributed by atoms with van der Waals surface area (Å²) in [4.78, 5) is 36.9. The van der Waals surface area contributed by atoms with Gasteiger partial charge in [-0.05, 0) is 26.7 Å². The number of carboxylic acids is 1. The number of carboxylic acid groups (broad SMARTS) is 1. The maximum Gasteiger partial charge on any atom is 0.369 e. The number of esters is 2. The summed E-state index contributed by atoms with van der Waals surface area (Å²) in [6, 6.07) is -1.13. The van der Waals surface area contributed by atoms with Gasteiger partial charge in [0, 0.05) is 31.5 Å². The summed E-state index contributed by atoms with van der Waals surface area (Å²) in [5.74, 6) is -4.59. The molecule has 0 aromatic heterocycles. The molecule has 30 heavy (non-hydrogen) atoms. The SMILES string of the molecule is CCOC(C)(OCC)C(=O)OC(OC(=O)C(N)C1(CC(=O)O)CCCCC1)C(C)C. The second-order valence-corrected chi connectivity index (χ2v) is 8.24. The lowest BCUT2D eigenvalue weighted by Gasteiger charge is -2.40. The van der Waals surface area contributed by atoms with Crippen molar-refractivity contribution < 1.29 is 38.4 Å². The number of ether oxygens (including phenoxy) is 4. The average molecular weight is 432 g/mol. The molecule has 0 aromatic carbocycles. The third-order valence-corrected chi connectivity index (χ3v) is 5.48. The van der Waals surface area contributed by atoms with E-state index in [1.807, 2.05) is 0 Å². The Hall–Kier alpha value is -1.71. The maximum absolute atomic E-state index is 12.8. The molecule has 2 atom stereocenters. The molecule has 0 heterocycles. The number of rotatable bonds is 12. The average Bonchev–Trinajstić information content (AvgIpc) is 2.67. The van der Waals surface area contributed by atoms with Crippen molar-refractivity contribution in [2.24, 2.45) is 17.1 Å². The van der Waals surface area contributed by atoms with Crippen LogP contribution in [0.25, 0.3) is 0 Å². The summed E-state index contributed by atoms with van der Waals surface area (Å²) in [6.45, 7) is 8.77. The number of carbonyl (C=O) groups excluding carboxylic acids is 2. The summed E-state index contributed by atoms with van der Waals surface area (Å²) >= 11 is 0. The van der Waals surface area contributed by atoms with Gasteiger partial charge in [0.2, 0.25) is 6.29 Å². The quantitative estimate of drug-likeness (QED) is 0.353. The Morgan fingerprint density at radius 1 is 1.03 bits per heavy atom. The zero-order chi connectivity index (χ0) is 22.9. The highest BCUT2D eigenvalue weighted by atomic mass is 16.8. The number of nitrogens with two attached hydrogens (primary N) is 1. The van der Waals surface area contributed by atoms with E-state index in [0.717, 1.165) is 19.3 Å². The molecule has 0 aromatic rings. The summed E-state index contributed by atoms with van der Waals surface area (Å²) in [6.07, 6.45) is 2.24. The first kappa shape index (κ1) is 26.3. The maximum atomic E-state index is 12.8. The molecule has 1 rings (SSSR count). The van der Waals surface area contributed by atoms with Crippen molar-refractivity contribution in [3.05, 3.63) is 0 Å². The highest BCUT2D eigenvalue weighted by Gasteiger charge is 2.46. The minimum atomic E-state index is -1.63. The topological polar surface area (TPSA) is 134 Å². The Labute approximate surface area is 178 Å². The molecule has 1 aliphatic rings. The smallest absolute Gasteiger partial charge is 0.369 e. The Bertz CT molecular complexity index is 580. The fraction of sp³-hybridized carbons (Fsp3) is 0.857. The van der Waals surface area contributed by atoms with Gasteiger partial charge in [0.1, 0.15) is 6.04 Å². The minimum Gasteiger partial charge on any atom is -0.481 e. The molecule has 3 N–H and O–H groups in total. The van der Waals surface area contributed by atoms with Crippen molar-refractivity contribution in [1.29, 1.82) is 0 Å². The summed E-state index contributed by atoms with van der Waals surface area (Å²) in [5.41, 5.74) is 5.34. The highest BCUT2D eigenvalue weighted by Crippen LogP contribution is 2.42. The molecule has 174 valence electrons. The number of hydrogen-bond acceptors (Lipinski definition) is 8. The second kappa shape index (κ2) is 11.6. The molecule has 0 amide bonds. The van der Waals surface area contributed by atoms with E-state index in [2.05, 4.69) is 0 Å². The van der Waals surface area contributed by atoms with Gasteiger partial charge in [0.25, 0.3) is 5.79 Å². The van der Waals surface area contributed by atoms with Gasteiger partial charge >= 0.3 is 17.9 Å². The predicted octanol–water partition coefficient (Wildman–Crippen LogP) is 2.60. The molecule has 1 saturated carbocycles. The first-order valence-corrected chi connectivity index (χ1v) is 10.7. The zero-order valence-electron chi connectivity index (χ0n) is 18.8.